The van der Waals surface area contributed by atoms with Crippen LogP contribution >= 0.6 is 0 Å². The predicted molar refractivity (Wildman–Crippen MR) is 90.7 cm³/mol. The van der Waals surface area contributed by atoms with E-state index in [0.717, 1.165) is 25.8 Å². The second kappa shape index (κ2) is 6.38. The largest absolute Gasteiger partial charge is 0.315 e. The van der Waals surface area contributed by atoms with Gasteiger partial charge in [0, 0.05) is 18.6 Å². The van der Waals surface area contributed by atoms with Crippen LogP contribution in [0.25, 0.3) is 0 Å². The zero-order valence-corrected chi connectivity index (χ0v) is 15.5. The molecule has 24 heavy (non-hydrogen) atoms. The predicted octanol–water partition coefficient (Wildman–Crippen LogP) is 0.418. The maximum Gasteiger partial charge on any atom is 0.243 e. The zero-order chi connectivity index (χ0) is 17.5. The van der Waals surface area contributed by atoms with E-state index in [9.17, 15) is 16.8 Å². The van der Waals surface area contributed by atoms with E-state index in [1.807, 2.05) is 0 Å². The Labute approximate surface area is 143 Å². The monoisotopic (exact) mass is 373 g/mol. The summed E-state index contributed by atoms with van der Waals surface area (Å²) in [6.45, 7) is 3.10. The van der Waals surface area contributed by atoms with E-state index < -0.39 is 20.0 Å². The Morgan fingerprint density at radius 1 is 1.12 bits per heavy atom. The van der Waals surface area contributed by atoms with Crippen molar-refractivity contribution < 1.29 is 16.8 Å². The van der Waals surface area contributed by atoms with Gasteiger partial charge >= 0.3 is 0 Å². The van der Waals surface area contributed by atoms with Crippen molar-refractivity contribution in [3.63, 3.8) is 0 Å². The minimum Gasteiger partial charge on any atom is -0.315 e. The Balaban J connectivity index is 1.98. The first-order valence-corrected chi connectivity index (χ1v) is 11.0. The maximum atomic E-state index is 13.1. The van der Waals surface area contributed by atoms with Gasteiger partial charge in [-0.25, -0.2) is 21.6 Å². The topological polar surface area (TPSA) is 95.6 Å². The molecule has 0 spiro atoms. The van der Waals surface area contributed by atoms with Crippen LogP contribution in [-0.2, 0) is 20.0 Å². The highest BCUT2D eigenvalue weighted by atomic mass is 32.2. The first kappa shape index (κ1) is 17.8. The van der Waals surface area contributed by atoms with E-state index in [0.29, 0.717) is 12.1 Å². The number of nitrogens with one attached hydrogen (secondary N) is 2. The van der Waals surface area contributed by atoms with Crippen LogP contribution in [0.15, 0.2) is 28.0 Å². The lowest BCUT2D eigenvalue weighted by molar-refractivity contribution is 0.327. The molecular formula is C15H23N3O4S2. The van der Waals surface area contributed by atoms with Gasteiger partial charge in [-0.1, -0.05) is 0 Å². The summed E-state index contributed by atoms with van der Waals surface area (Å²) in [6, 6.07) is 4.26. The molecule has 0 amide bonds. The first-order valence-electron chi connectivity index (χ1n) is 8.06. The number of hydrogen-bond donors (Lipinski definition) is 2. The van der Waals surface area contributed by atoms with Gasteiger partial charge in [0.15, 0.2) is 0 Å². The van der Waals surface area contributed by atoms with E-state index in [1.54, 1.807) is 11.2 Å². The fourth-order valence-corrected chi connectivity index (χ4v) is 6.13. The van der Waals surface area contributed by atoms with Crippen LogP contribution in [0, 0.1) is 6.92 Å². The van der Waals surface area contributed by atoms with Crippen LogP contribution in [-0.4, -0.2) is 53.4 Å². The summed E-state index contributed by atoms with van der Waals surface area (Å²) in [5.74, 6) is 0. The van der Waals surface area contributed by atoms with Crippen molar-refractivity contribution in [3.05, 3.63) is 23.8 Å². The Kier molecular flexibility index (Phi) is 4.73. The standard InChI is InChI=1S/C15H23N3O4S2/c1-11-9-14(5-6-15(11)23(19,20)16-2)24(21,22)18(12-3-4-12)13-7-8-17-10-13/h5-6,9,12-13,16-17H,3-4,7-8,10H2,1-2H3. The van der Waals surface area contributed by atoms with Crippen LogP contribution in [0.4, 0.5) is 0 Å². The van der Waals surface area contributed by atoms with Gasteiger partial charge in [0.1, 0.15) is 0 Å². The quantitative estimate of drug-likeness (QED) is 0.753. The molecule has 0 bridgehead atoms. The van der Waals surface area contributed by atoms with Gasteiger partial charge < -0.3 is 5.32 Å². The summed E-state index contributed by atoms with van der Waals surface area (Å²) in [5, 5.41) is 3.21. The molecule has 3 rings (SSSR count). The highest BCUT2D eigenvalue weighted by molar-refractivity contribution is 7.89. The summed E-state index contributed by atoms with van der Waals surface area (Å²) in [7, 11) is -5.90. The lowest BCUT2D eigenvalue weighted by atomic mass is 10.2. The van der Waals surface area contributed by atoms with Crippen molar-refractivity contribution in [2.75, 3.05) is 20.1 Å². The Morgan fingerprint density at radius 3 is 2.33 bits per heavy atom. The summed E-state index contributed by atoms with van der Waals surface area (Å²) < 4.78 is 54.1. The fraction of sp³-hybridized carbons (Fsp3) is 0.600. The number of sulfonamides is 2. The smallest absolute Gasteiger partial charge is 0.243 e. The molecule has 0 aromatic heterocycles. The highest BCUT2D eigenvalue weighted by Gasteiger charge is 2.43. The molecule has 1 heterocycles. The summed E-state index contributed by atoms with van der Waals surface area (Å²) in [6.07, 6.45) is 2.59. The van der Waals surface area contributed by atoms with Crippen molar-refractivity contribution in [2.24, 2.45) is 0 Å². The van der Waals surface area contributed by atoms with Crippen molar-refractivity contribution in [1.82, 2.24) is 14.3 Å². The lowest BCUT2D eigenvalue weighted by Gasteiger charge is -2.27. The SMILES string of the molecule is CNS(=O)(=O)c1ccc(S(=O)(=O)N(C2CC2)C2CCNC2)cc1C. The second-order valence-corrected chi connectivity index (χ2v) is 10.0. The van der Waals surface area contributed by atoms with Crippen molar-refractivity contribution in [1.29, 1.82) is 0 Å². The van der Waals surface area contributed by atoms with E-state index in [4.69, 9.17) is 0 Å². The molecule has 1 aliphatic heterocycles. The molecule has 2 N–H and O–H groups in total. The van der Waals surface area contributed by atoms with Gasteiger partial charge in [0.25, 0.3) is 0 Å². The average molecular weight is 374 g/mol. The van der Waals surface area contributed by atoms with Gasteiger partial charge in [0.2, 0.25) is 20.0 Å². The Bertz CT molecular complexity index is 826. The zero-order valence-electron chi connectivity index (χ0n) is 13.8. The van der Waals surface area contributed by atoms with Crippen molar-refractivity contribution >= 4 is 20.0 Å². The third-order valence-electron chi connectivity index (χ3n) is 4.58. The minimum absolute atomic E-state index is 0.0245. The fourth-order valence-electron chi connectivity index (χ4n) is 3.19. The molecule has 2 aliphatic rings. The molecule has 1 saturated heterocycles. The maximum absolute atomic E-state index is 13.1. The summed E-state index contributed by atoms with van der Waals surface area (Å²) in [4.78, 5) is 0.262. The molecular weight excluding hydrogens is 350 g/mol. The number of benzene rings is 1. The van der Waals surface area contributed by atoms with Crippen LogP contribution < -0.4 is 10.0 Å². The number of hydrogen-bond acceptors (Lipinski definition) is 5. The van der Waals surface area contributed by atoms with E-state index in [2.05, 4.69) is 10.0 Å². The highest BCUT2D eigenvalue weighted by Crippen LogP contribution is 2.35. The van der Waals surface area contributed by atoms with Gasteiger partial charge in [-0.2, -0.15) is 4.31 Å². The van der Waals surface area contributed by atoms with E-state index >= 15 is 0 Å². The molecule has 134 valence electrons. The third kappa shape index (κ3) is 3.23. The van der Waals surface area contributed by atoms with Gasteiger partial charge in [-0.15, -0.1) is 0 Å². The van der Waals surface area contributed by atoms with E-state index in [-0.39, 0.29) is 21.9 Å². The van der Waals surface area contributed by atoms with Crippen molar-refractivity contribution in [3.8, 4) is 0 Å². The van der Waals surface area contributed by atoms with Crippen LogP contribution in [0.2, 0.25) is 0 Å². The minimum atomic E-state index is -3.63. The molecule has 1 saturated carbocycles. The van der Waals surface area contributed by atoms with E-state index in [1.165, 1.54) is 25.2 Å². The van der Waals surface area contributed by atoms with Crippen LogP contribution in [0.1, 0.15) is 24.8 Å². The molecule has 7 nitrogen and oxygen atoms in total. The van der Waals surface area contributed by atoms with Crippen LogP contribution in [0.3, 0.4) is 0 Å². The molecule has 1 unspecified atom stereocenters. The second-order valence-electron chi connectivity index (χ2n) is 6.35. The molecule has 1 atom stereocenters. The van der Waals surface area contributed by atoms with Crippen LogP contribution in [0.5, 0.6) is 0 Å². The Morgan fingerprint density at radius 2 is 1.83 bits per heavy atom. The van der Waals surface area contributed by atoms with Gasteiger partial charge in [-0.3, -0.25) is 0 Å². The molecule has 1 aromatic carbocycles. The molecule has 9 heteroatoms. The average Bonchev–Trinajstić information content (AvgIpc) is 3.20. The van der Waals surface area contributed by atoms with Crippen molar-refractivity contribution in [2.45, 2.75) is 48.1 Å². The molecule has 1 aromatic rings. The Hall–Kier alpha value is -1.00. The summed E-state index contributed by atoms with van der Waals surface area (Å²) >= 11 is 0. The van der Waals surface area contributed by atoms with Gasteiger partial charge in [-0.05, 0) is 63.5 Å². The number of aryl methyl sites for hydroxylation is 1. The summed E-state index contributed by atoms with van der Waals surface area (Å²) in [5.41, 5.74) is 0.422. The number of nitrogens with zero attached hydrogens (tertiary/aromatic N) is 1. The normalized spacial score (nSPS) is 22.2. The number of rotatable bonds is 6. The third-order valence-corrected chi connectivity index (χ3v) is 8.16. The lowest BCUT2D eigenvalue weighted by Crippen LogP contribution is -2.43. The molecule has 2 fully saturated rings. The van der Waals surface area contributed by atoms with Gasteiger partial charge in [0.05, 0.1) is 9.79 Å². The molecule has 0 radical (unpaired) electrons. The first-order chi connectivity index (χ1) is 11.3. The molecule has 1 aliphatic carbocycles.